The normalized spacial score (nSPS) is 39.8. The fraction of sp³-hybridized carbons (Fsp3) is 0.435. The Balaban J connectivity index is 1.60. The molecule has 8 nitrogen and oxygen atoms in total. The lowest BCUT2D eigenvalue weighted by molar-refractivity contribution is -0.155. The van der Waals surface area contributed by atoms with Crippen LogP contribution in [0.15, 0.2) is 42.0 Å². The summed E-state index contributed by atoms with van der Waals surface area (Å²) in [7, 11) is 0. The zero-order valence-electron chi connectivity index (χ0n) is 16.6. The van der Waals surface area contributed by atoms with Gasteiger partial charge in [-0.15, -0.1) is 0 Å². The van der Waals surface area contributed by atoms with E-state index in [4.69, 9.17) is 0 Å². The summed E-state index contributed by atoms with van der Waals surface area (Å²) < 4.78 is 0. The highest BCUT2D eigenvalue weighted by molar-refractivity contribution is 6.13. The first kappa shape index (κ1) is 18.5. The molecule has 4 aliphatic carbocycles. The van der Waals surface area contributed by atoms with Crippen molar-refractivity contribution in [1.82, 2.24) is 16.0 Å². The van der Waals surface area contributed by atoms with Gasteiger partial charge in [-0.1, -0.05) is 36.3 Å². The van der Waals surface area contributed by atoms with Gasteiger partial charge in [0.1, 0.15) is 0 Å². The maximum atomic E-state index is 13.2. The molecular weight excluding hydrogens is 398 g/mol. The molecule has 4 atom stereocenters. The van der Waals surface area contributed by atoms with E-state index in [0.717, 1.165) is 18.4 Å². The molecule has 2 bridgehead atoms. The van der Waals surface area contributed by atoms with Crippen molar-refractivity contribution in [2.45, 2.75) is 31.2 Å². The van der Waals surface area contributed by atoms with Crippen LogP contribution in [0, 0.1) is 29.1 Å². The number of allylic oxidation sites excluding steroid dienone is 1. The van der Waals surface area contributed by atoms with E-state index in [0.29, 0.717) is 18.4 Å². The minimum Gasteiger partial charge on any atom is -0.341 e. The van der Waals surface area contributed by atoms with Crippen LogP contribution in [0.5, 0.6) is 0 Å². The molecule has 2 heterocycles. The molecule has 31 heavy (non-hydrogen) atoms. The van der Waals surface area contributed by atoms with E-state index >= 15 is 0 Å². The van der Waals surface area contributed by atoms with Crippen LogP contribution in [0.4, 0.5) is 0 Å². The van der Waals surface area contributed by atoms with Gasteiger partial charge in [-0.2, -0.15) is 0 Å². The van der Waals surface area contributed by atoms with Crippen LogP contribution in [0.3, 0.4) is 0 Å². The molecule has 1 aromatic rings. The van der Waals surface area contributed by atoms with E-state index in [9.17, 15) is 24.0 Å². The first-order valence-electron chi connectivity index (χ1n) is 10.7. The fourth-order valence-corrected chi connectivity index (χ4v) is 7.16. The Morgan fingerprint density at radius 3 is 2.03 bits per heavy atom. The maximum Gasteiger partial charge on any atom is 0.252 e. The van der Waals surface area contributed by atoms with Gasteiger partial charge in [0, 0.05) is 11.0 Å². The number of hydrogen-bond donors (Lipinski definition) is 3. The molecule has 7 rings (SSSR count). The summed E-state index contributed by atoms with van der Waals surface area (Å²) in [5.74, 6) is -5.64. The van der Waals surface area contributed by atoms with Crippen LogP contribution in [-0.4, -0.2) is 35.1 Å². The molecule has 2 saturated heterocycles. The molecule has 0 radical (unpaired) electrons. The molecule has 6 aliphatic rings. The van der Waals surface area contributed by atoms with Crippen molar-refractivity contribution in [3.8, 4) is 0 Å². The maximum absolute atomic E-state index is 13.2. The quantitative estimate of drug-likeness (QED) is 0.475. The van der Waals surface area contributed by atoms with Crippen molar-refractivity contribution in [3.63, 3.8) is 0 Å². The molecule has 5 amide bonds. The van der Waals surface area contributed by atoms with E-state index in [1.807, 2.05) is 6.08 Å². The molecule has 2 aliphatic heterocycles. The highest BCUT2D eigenvalue weighted by Crippen LogP contribution is 2.69. The number of hydrogen-bond acceptors (Lipinski definition) is 5. The van der Waals surface area contributed by atoms with Gasteiger partial charge in [-0.3, -0.25) is 34.6 Å². The van der Waals surface area contributed by atoms with Crippen LogP contribution in [-0.2, 0) is 19.2 Å². The monoisotopic (exact) mass is 419 g/mol. The lowest BCUT2D eigenvalue weighted by Gasteiger charge is -2.63. The van der Waals surface area contributed by atoms with Gasteiger partial charge < -0.3 is 5.32 Å². The summed E-state index contributed by atoms with van der Waals surface area (Å²) in [6.45, 7) is 0. The van der Waals surface area contributed by atoms with Crippen LogP contribution in [0.1, 0.15) is 36.0 Å². The smallest absolute Gasteiger partial charge is 0.252 e. The van der Waals surface area contributed by atoms with Gasteiger partial charge in [0.2, 0.25) is 23.6 Å². The number of carbonyl (C=O) groups is 5. The van der Waals surface area contributed by atoms with Crippen molar-refractivity contribution in [2.24, 2.45) is 29.1 Å². The van der Waals surface area contributed by atoms with Crippen LogP contribution < -0.4 is 16.0 Å². The minimum atomic E-state index is -1.43. The molecule has 1 spiro atoms. The van der Waals surface area contributed by atoms with Crippen molar-refractivity contribution in [1.29, 1.82) is 0 Å². The van der Waals surface area contributed by atoms with Gasteiger partial charge in [0.15, 0.2) is 0 Å². The molecule has 4 fully saturated rings. The second-order valence-electron chi connectivity index (χ2n) is 9.29. The van der Waals surface area contributed by atoms with Crippen molar-refractivity contribution in [3.05, 3.63) is 47.5 Å². The summed E-state index contributed by atoms with van der Waals surface area (Å²) in [6, 6.07) is 8.52. The van der Waals surface area contributed by atoms with E-state index < -0.39 is 64.2 Å². The Labute approximate surface area is 177 Å². The molecular formula is C23H21N3O5. The van der Waals surface area contributed by atoms with E-state index in [1.165, 1.54) is 0 Å². The third-order valence-corrected chi connectivity index (χ3v) is 8.09. The number of carbonyl (C=O) groups excluding carboxylic acids is 5. The van der Waals surface area contributed by atoms with Gasteiger partial charge >= 0.3 is 0 Å². The molecule has 1 aromatic carbocycles. The lowest BCUT2D eigenvalue weighted by atomic mass is 9.39. The minimum absolute atomic E-state index is 0.379. The Hall–Kier alpha value is -3.29. The van der Waals surface area contributed by atoms with Crippen LogP contribution >= 0.6 is 0 Å². The van der Waals surface area contributed by atoms with E-state index in [1.54, 1.807) is 30.3 Å². The second-order valence-corrected chi connectivity index (χ2v) is 9.29. The van der Waals surface area contributed by atoms with Gasteiger partial charge in [0.25, 0.3) is 5.91 Å². The molecule has 3 N–H and O–H groups in total. The summed E-state index contributed by atoms with van der Waals surface area (Å²) in [5, 5.41) is 7.85. The Bertz CT molecular complexity index is 1070. The first-order valence-corrected chi connectivity index (χ1v) is 10.7. The zero-order valence-corrected chi connectivity index (χ0v) is 16.6. The molecule has 0 aromatic heterocycles. The number of rotatable bonds is 2. The molecule has 8 heteroatoms. The van der Waals surface area contributed by atoms with Gasteiger partial charge in [-0.05, 0) is 31.4 Å². The third-order valence-electron chi connectivity index (χ3n) is 8.09. The number of benzene rings is 1. The molecule has 4 unspecified atom stereocenters. The largest absolute Gasteiger partial charge is 0.341 e. The summed E-state index contributed by atoms with van der Waals surface area (Å²) in [6.07, 6.45) is 4.82. The SMILES string of the molecule is O=C(NC12C=C3CCCCC3(C3C(=O)NC(=O)C31)C1C(=O)NC(=O)C12)c1ccccc1. The average Bonchev–Trinajstić information content (AvgIpc) is 3.26. The second kappa shape index (κ2) is 5.90. The van der Waals surface area contributed by atoms with Crippen LogP contribution in [0.2, 0.25) is 0 Å². The summed E-state index contributed by atoms with van der Waals surface area (Å²) >= 11 is 0. The third kappa shape index (κ3) is 2.07. The fourth-order valence-electron chi connectivity index (χ4n) is 7.16. The standard InChI is InChI=1S/C23H21N3O5/c27-17(11-6-2-1-3-7-11)26-23-10-12-8-4-5-9-22(12,13-15(23)20(30)24-18(13)28)14-16(23)21(31)25-19(14)29/h1-3,6-7,10,13-16H,4-5,8-9H2,(H,26,27)(H,24,28,30)(H,25,29,31). The Morgan fingerprint density at radius 2 is 1.42 bits per heavy atom. The average molecular weight is 419 g/mol. The van der Waals surface area contributed by atoms with E-state index in [2.05, 4.69) is 16.0 Å². The first-order chi connectivity index (χ1) is 14.9. The predicted octanol–water partition coefficient (Wildman–Crippen LogP) is 0.447. The molecule has 2 saturated carbocycles. The number of imide groups is 2. The summed E-state index contributed by atoms with van der Waals surface area (Å²) in [5.41, 5.74) is -0.976. The highest BCUT2D eigenvalue weighted by atomic mass is 16.2. The van der Waals surface area contributed by atoms with Crippen molar-refractivity contribution >= 4 is 29.5 Å². The Morgan fingerprint density at radius 1 is 0.839 bits per heavy atom. The van der Waals surface area contributed by atoms with Crippen molar-refractivity contribution in [2.75, 3.05) is 0 Å². The Kier molecular flexibility index (Phi) is 3.52. The van der Waals surface area contributed by atoms with Crippen LogP contribution in [0.25, 0.3) is 0 Å². The van der Waals surface area contributed by atoms with E-state index in [-0.39, 0.29) is 0 Å². The lowest BCUT2D eigenvalue weighted by Crippen LogP contribution is -2.74. The molecule has 158 valence electrons. The number of nitrogens with one attached hydrogen (secondary N) is 3. The topological polar surface area (TPSA) is 121 Å². The van der Waals surface area contributed by atoms with Gasteiger partial charge in [-0.25, -0.2) is 0 Å². The zero-order chi connectivity index (χ0) is 21.5. The summed E-state index contributed by atoms with van der Waals surface area (Å²) in [4.78, 5) is 65.4. The van der Waals surface area contributed by atoms with Crippen molar-refractivity contribution < 1.29 is 24.0 Å². The van der Waals surface area contributed by atoms with Gasteiger partial charge in [0.05, 0.1) is 29.2 Å². The predicted molar refractivity (Wildman–Crippen MR) is 106 cm³/mol. The number of amides is 5. The highest BCUT2D eigenvalue weighted by Gasteiger charge is 2.79.